The smallest absolute Gasteiger partial charge is 0.0938 e. The molecule has 2 saturated carbocycles. The molecule has 1 N–H and O–H groups in total. The van der Waals surface area contributed by atoms with Crippen LogP contribution in [0, 0.1) is 5.92 Å². The summed E-state index contributed by atoms with van der Waals surface area (Å²) in [5.74, 6) is 0.914. The third kappa shape index (κ3) is 3.53. The molecule has 0 aliphatic heterocycles. The molecular formula is C18H22N2S. The summed E-state index contributed by atoms with van der Waals surface area (Å²) in [6.07, 6.45) is 7.84. The molecule has 4 rings (SSSR count). The number of aromatic nitrogens is 1. The summed E-state index contributed by atoms with van der Waals surface area (Å²) in [6.45, 7) is 1.09. The lowest BCUT2D eigenvalue weighted by Crippen LogP contribution is -2.19. The van der Waals surface area contributed by atoms with Gasteiger partial charge in [0, 0.05) is 29.4 Å². The Labute approximate surface area is 130 Å². The molecule has 2 fully saturated rings. The molecule has 2 aromatic rings. The first-order valence-corrected chi connectivity index (χ1v) is 8.97. The second-order valence-corrected chi connectivity index (χ2v) is 7.54. The van der Waals surface area contributed by atoms with Gasteiger partial charge < -0.3 is 5.32 Å². The van der Waals surface area contributed by atoms with Gasteiger partial charge >= 0.3 is 0 Å². The molecule has 1 aromatic heterocycles. The lowest BCUT2D eigenvalue weighted by Gasteiger charge is -2.03. The number of hydrogen-bond acceptors (Lipinski definition) is 3. The summed E-state index contributed by atoms with van der Waals surface area (Å²) in [5, 5.41) is 4.97. The second kappa shape index (κ2) is 5.90. The van der Waals surface area contributed by atoms with Crippen LogP contribution >= 0.6 is 11.3 Å². The number of nitrogens with zero attached hydrogens (tertiary/aromatic N) is 1. The maximum absolute atomic E-state index is 4.96. The molecule has 21 heavy (non-hydrogen) atoms. The van der Waals surface area contributed by atoms with E-state index in [-0.39, 0.29) is 0 Å². The van der Waals surface area contributed by atoms with Crippen molar-refractivity contribution in [2.24, 2.45) is 5.92 Å². The van der Waals surface area contributed by atoms with Crippen molar-refractivity contribution in [2.45, 2.75) is 44.6 Å². The highest BCUT2D eigenvalue weighted by molar-refractivity contribution is 7.12. The van der Waals surface area contributed by atoms with Gasteiger partial charge in [0.1, 0.15) is 0 Å². The predicted molar refractivity (Wildman–Crippen MR) is 88.7 cm³/mol. The minimum Gasteiger partial charge on any atom is -0.314 e. The van der Waals surface area contributed by atoms with Crippen LogP contribution in [0.1, 0.15) is 35.6 Å². The van der Waals surface area contributed by atoms with E-state index in [1.54, 1.807) is 0 Å². The zero-order valence-corrected chi connectivity index (χ0v) is 13.2. The Morgan fingerprint density at radius 2 is 1.90 bits per heavy atom. The number of thiazole rings is 1. The first-order valence-electron chi connectivity index (χ1n) is 8.16. The van der Waals surface area contributed by atoms with E-state index in [0.717, 1.165) is 24.9 Å². The van der Waals surface area contributed by atoms with Gasteiger partial charge in [0.15, 0.2) is 0 Å². The van der Waals surface area contributed by atoms with Crippen molar-refractivity contribution in [2.75, 3.05) is 6.54 Å². The highest BCUT2D eigenvalue weighted by atomic mass is 32.1. The largest absolute Gasteiger partial charge is 0.314 e. The monoisotopic (exact) mass is 298 g/mol. The average molecular weight is 298 g/mol. The molecule has 1 aromatic carbocycles. The maximum atomic E-state index is 4.96. The molecule has 3 heteroatoms. The van der Waals surface area contributed by atoms with E-state index in [9.17, 15) is 0 Å². The fourth-order valence-electron chi connectivity index (χ4n) is 2.72. The van der Waals surface area contributed by atoms with Crippen LogP contribution in [0.3, 0.4) is 0 Å². The molecule has 1 heterocycles. The Morgan fingerprint density at radius 1 is 1.10 bits per heavy atom. The SMILES string of the molecule is c1ccc(-c2nc(CC3CC3)sc2CCNC2CC2)cc1. The van der Waals surface area contributed by atoms with E-state index >= 15 is 0 Å². The van der Waals surface area contributed by atoms with Crippen LogP contribution in [0.25, 0.3) is 11.3 Å². The Balaban J connectivity index is 1.53. The second-order valence-electron chi connectivity index (χ2n) is 6.37. The van der Waals surface area contributed by atoms with Crippen molar-refractivity contribution in [1.82, 2.24) is 10.3 Å². The molecule has 110 valence electrons. The van der Waals surface area contributed by atoms with Crippen molar-refractivity contribution < 1.29 is 0 Å². The van der Waals surface area contributed by atoms with Gasteiger partial charge in [0.25, 0.3) is 0 Å². The van der Waals surface area contributed by atoms with Crippen molar-refractivity contribution in [3.8, 4) is 11.3 Å². The molecule has 2 aliphatic rings. The van der Waals surface area contributed by atoms with Crippen molar-refractivity contribution >= 4 is 11.3 Å². The fraction of sp³-hybridized carbons (Fsp3) is 0.500. The molecule has 0 spiro atoms. The Bertz CT molecular complexity index is 597. The van der Waals surface area contributed by atoms with Crippen LogP contribution in [-0.2, 0) is 12.8 Å². The van der Waals surface area contributed by atoms with Gasteiger partial charge in [0.2, 0.25) is 0 Å². The first kappa shape index (κ1) is 13.5. The zero-order chi connectivity index (χ0) is 14.1. The minimum atomic E-state index is 0.795. The fourth-order valence-corrected chi connectivity index (χ4v) is 3.93. The predicted octanol–water partition coefficient (Wildman–Crippen LogP) is 4.06. The third-order valence-corrected chi connectivity index (χ3v) is 5.45. The van der Waals surface area contributed by atoms with E-state index in [2.05, 4.69) is 35.6 Å². The normalized spacial score (nSPS) is 18.1. The van der Waals surface area contributed by atoms with Crippen molar-refractivity contribution in [1.29, 1.82) is 0 Å². The van der Waals surface area contributed by atoms with Gasteiger partial charge in [-0.3, -0.25) is 0 Å². The standard InChI is InChI=1S/C18H22N2S/c1-2-4-14(5-3-1)18-16(10-11-19-15-8-9-15)21-17(20-18)12-13-6-7-13/h1-5,13,15,19H,6-12H2. The Kier molecular flexibility index (Phi) is 3.78. The summed E-state index contributed by atoms with van der Waals surface area (Å²) < 4.78 is 0. The lowest BCUT2D eigenvalue weighted by atomic mass is 10.1. The highest BCUT2D eigenvalue weighted by Crippen LogP contribution is 2.36. The molecule has 0 atom stereocenters. The van der Waals surface area contributed by atoms with E-state index in [0.29, 0.717) is 0 Å². The van der Waals surface area contributed by atoms with Crippen LogP contribution in [0.5, 0.6) is 0 Å². The molecule has 0 bridgehead atoms. The molecule has 0 radical (unpaired) electrons. The molecular weight excluding hydrogens is 276 g/mol. The Morgan fingerprint density at radius 3 is 2.62 bits per heavy atom. The Hall–Kier alpha value is -1.19. The molecule has 2 aliphatic carbocycles. The van der Waals surface area contributed by atoms with Gasteiger partial charge in [-0.2, -0.15) is 0 Å². The van der Waals surface area contributed by atoms with Crippen LogP contribution in [0.4, 0.5) is 0 Å². The van der Waals surface area contributed by atoms with Crippen molar-refractivity contribution in [3.63, 3.8) is 0 Å². The summed E-state index contributed by atoms with van der Waals surface area (Å²) in [4.78, 5) is 6.43. The zero-order valence-electron chi connectivity index (χ0n) is 12.3. The highest BCUT2D eigenvalue weighted by Gasteiger charge is 2.24. The number of rotatable bonds is 7. The maximum Gasteiger partial charge on any atom is 0.0938 e. The number of hydrogen-bond donors (Lipinski definition) is 1. The van der Waals surface area contributed by atoms with E-state index in [4.69, 9.17) is 4.98 Å². The summed E-state index contributed by atoms with van der Waals surface area (Å²) in [6, 6.07) is 11.5. The lowest BCUT2D eigenvalue weighted by molar-refractivity contribution is 0.685. The first-order chi connectivity index (χ1) is 10.4. The van der Waals surface area contributed by atoms with Crippen LogP contribution in [0.15, 0.2) is 30.3 Å². The summed E-state index contributed by atoms with van der Waals surface area (Å²) in [5.41, 5.74) is 2.51. The van der Waals surface area contributed by atoms with Gasteiger partial charge in [-0.25, -0.2) is 4.98 Å². The molecule has 0 unspecified atom stereocenters. The quantitative estimate of drug-likeness (QED) is 0.834. The van der Waals surface area contributed by atoms with E-state index in [1.807, 2.05) is 11.3 Å². The summed E-state index contributed by atoms with van der Waals surface area (Å²) in [7, 11) is 0. The third-order valence-electron chi connectivity index (χ3n) is 4.31. The van der Waals surface area contributed by atoms with Crippen LogP contribution in [0.2, 0.25) is 0 Å². The van der Waals surface area contributed by atoms with Crippen LogP contribution in [-0.4, -0.2) is 17.6 Å². The number of benzene rings is 1. The van der Waals surface area contributed by atoms with E-state index < -0.39 is 0 Å². The molecule has 0 saturated heterocycles. The topological polar surface area (TPSA) is 24.9 Å². The minimum absolute atomic E-state index is 0.795. The van der Waals surface area contributed by atoms with Gasteiger partial charge in [0.05, 0.1) is 10.7 Å². The van der Waals surface area contributed by atoms with Crippen LogP contribution < -0.4 is 5.32 Å². The van der Waals surface area contributed by atoms with Gasteiger partial charge in [-0.05, 0) is 38.0 Å². The van der Waals surface area contributed by atoms with Gasteiger partial charge in [-0.15, -0.1) is 11.3 Å². The summed E-state index contributed by atoms with van der Waals surface area (Å²) >= 11 is 1.94. The average Bonchev–Trinajstić information content (AvgIpc) is 3.41. The van der Waals surface area contributed by atoms with Gasteiger partial charge in [-0.1, -0.05) is 30.3 Å². The molecule has 0 amide bonds. The molecule has 2 nitrogen and oxygen atoms in total. The van der Waals surface area contributed by atoms with E-state index in [1.165, 1.54) is 53.2 Å². The number of nitrogens with one attached hydrogen (secondary N) is 1. The van der Waals surface area contributed by atoms with Crippen molar-refractivity contribution in [3.05, 3.63) is 40.2 Å².